The van der Waals surface area contributed by atoms with Crippen molar-refractivity contribution >= 4 is 34.9 Å². The number of ether oxygens (including phenoxy) is 2. The van der Waals surface area contributed by atoms with Gasteiger partial charge in [0.1, 0.15) is 18.0 Å². The zero-order valence-electron chi connectivity index (χ0n) is 17.8. The molecule has 1 aromatic carbocycles. The normalized spacial score (nSPS) is 11.1. The predicted molar refractivity (Wildman–Crippen MR) is 120 cm³/mol. The summed E-state index contributed by atoms with van der Waals surface area (Å²) >= 11 is 0. The number of esters is 1. The van der Waals surface area contributed by atoms with E-state index in [9.17, 15) is 9.59 Å². The van der Waals surface area contributed by atoms with Crippen molar-refractivity contribution in [1.82, 2.24) is 14.3 Å². The topological polar surface area (TPSA) is 73.1 Å². The van der Waals surface area contributed by atoms with Gasteiger partial charge in [-0.2, -0.15) is 0 Å². The van der Waals surface area contributed by atoms with Crippen LogP contribution < -0.4 is 10.3 Å². The van der Waals surface area contributed by atoms with E-state index in [1.54, 1.807) is 30.3 Å². The first-order valence-electron chi connectivity index (χ1n) is 9.95. The molecule has 0 unspecified atom stereocenters. The first-order valence-corrected chi connectivity index (χ1v) is 9.95. The Morgan fingerprint density at radius 1 is 1.17 bits per heavy atom. The maximum absolute atomic E-state index is 13.0. The molecule has 0 fully saturated rings. The van der Waals surface area contributed by atoms with Gasteiger partial charge in [-0.05, 0) is 57.3 Å². The molecule has 162 valence electrons. The van der Waals surface area contributed by atoms with Crippen molar-refractivity contribution in [3.8, 4) is 5.75 Å². The van der Waals surface area contributed by atoms with Gasteiger partial charge >= 0.3 is 5.97 Å². The van der Waals surface area contributed by atoms with Crippen molar-refractivity contribution in [2.75, 3.05) is 26.2 Å². The molecule has 2 aromatic heterocycles. The summed E-state index contributed by atoms with van der Waals surface area (Å²) in [6.07, 6.45) is 1.49. The number of carbonyl (C=O) groups excluding carboxylic acids is 1. The second-order valence-corrected chi connectivity index (χ2v) is 7.07. The van der Waals surface area contributed by atoms with E-state index in [1.165, 1.54) is 10.6 Å². The SMILES string of the molecule is CCN(CC)CCOC(=O)c1ccc2nc3ccc(OC(C)C)cc3c(=O)n2c1.Cl. The standard InChI is InChI=1S/C22H27N3O4.ClH/c1-5-24(6-2)11-12-28-22(27)16-7-10-20-23-19-9-8-17(29-15(3)4)13-18(19)21(26)25(20)14-16;/h7-10,13-15H,5-6,11-12H2,1-4H3;1H. The highest BCUT2D eigenvalue weighted by Gasteiger charge is 2.12. The second-order valence-electron chi connectivity index (χ2n) is 7.07. The van der Waals surface area contributed by atoms with Crippen molar-refractivity contribution in [1.29, 1.82) is 0 Å². The van der Waals surface area contributed by atoms with Crippen LogP contribution in [0, 0.1) is 0 Å². The Kier molecular flexibility index (Phi) is 8.20. The molecule has 8 heteroatoms. The summed E-state index contributed by atoms with van der Waals surface area (Å²) < 4.78 is 12.4. The summed E-state index contributed by atoms with van der Waals surface area (Å²) in [7, 11) is 0. The average Bonchev–Trinajstić information content (AvgIpc) is 2.71. The van der Waals surface area contributed by atoms with Crippen LogP contribution in [0.25, 0.3) is 16.6 Å². The Morgan fingerprint density at radius 2 is 1.90 bits per heavy atom. The fraction of sp³-hybridized carbons (Fsp3) is 0.409. The molecule has 30 heavy (non-hydrogen) atoms. The predicted octanol–water partition coefficient (Wildman–Crippen LogP) is 3.56. The molecule has 0 N–H and O–H groups in total. The molecule has 0 saturated carbocycles. The largest absolute Gasteiger partial charge is 0.491 e. The average molecular weight is 434 g/mol. The van der Waals surface area contributed by atoms with Crippen LogP contribution in [-0.4, -0.2) is 52.6 Å². The third kappa shape index (κ3) is 5.29. The van der Waals surface area contributed by atoms with Crippen molar-refractivity contribution in [2.45, 2.75) is 33.8 Å². The van der Waals surface area contributed by atoms with E-state index < -0.39 is 5.97 Å². The first kappa shape index (κ1) is 23.6. The molecule has 0 saturated heterocycles. The van der Waals surface area contributed by atoms with Gasteiger partial charge in [-0.15, -0.1) is 12.4 Å². The molecule has 0 atom stereocenters. The number of rotatable bonds is 8. The molecule has 2 heterocycles. The van der Waals surface area contributed by atoms with Gasteiger partial charge in [0, 0.05) is 12.7 Å². The van der Waals surface area contributed by atoms with Crippen LogP contribution >= 0.6 is 12.4 Å². The van der Waals surface area contributed by atoms with Crippen LogP contribution in [0.15, 0.2) is 41.3 Å². The number of hydrogen-bond acceptors (Lipinski definition) is 6. The summed E-state index contributed by atoms with van der Waals surface area (Å²) in [6, 6.07) is 8.53. The minimum atomic E-state index is -0.456. The van der Waals surface area contributed by atoms with E-state index in [4.69, 9.17) is 9.47 Å². The fourth-order valence-electron chi connectivity index (χ4n) is 3.14. The molecule has 3 aromatic rings. The van der Waals surface area contributed by atoms with Crippen LogP contribution in [0.3, 0.4) is 0 Å². The van der Waals surface area contributed by atoms with E-state index in [0.29, 0.717) is 41.0 Å². The van der Waals surface area contributed by atoms with E-state index in [2.05, 4.69) is 23.7 Å². The van der Waals surface area contributed by atoms with Crippen LogP contribution in [0.1, 0.15) is 38.1 Å². The molecular formula is C22H28ClN3O4. The summed E-state index contributed by atoms with van der Waals surface area (Å²) in [6.45, 7) is 10.8. The van der Waals surface area contributed by atoms with E-state index in [-0.39, 0.29) is 24.1 Å². The number of likely N-dealkylation sites (N-methyl/N-ethyl adjacent to an activating group) is 1. The van der Waals surface area contributed by atoms with Gasteiger partial charge in [0.15, 0.2) is 0 Å². The van der Waals surface area contributed by atoms with Crippen molar-refractivity contribution in [3.05, 3.63) is 52.4 Å². The number of hydrogen-bond donors (Lipinski definition) is 0. The summed E-state index contributed by atoms with van der Waals surface area (Å²) in [5.41, 5.74) is 1.12. The summed E-state index contributed by atoms with van der Waals surface area (Å²) in [4.78, 5) is 32.1. The van der Waals surface area contributed by atoms with E-state index in [0.717, 1.165) is 13.1 Å². The summed E-state index contributed by atoms with van der Waals surface area (Å²) in [5.74, 6) is 0.154. The van der Waals surface area contributed by atoms with Crippen molar-refractivity contribution < 1.29 is 14.3 Å². The van der Waals surface area contributed by atoms with Crippen LogP contribution in [0.5, 0.6) is 5.75 Å². The quantitative estimate of drug-likeness (QED) is 0.399. The van der Waals surface area contributed by atoms with Gasteiger partial charge in [0.05, 0.1) is 22.6 Å². The number of fused-ring (bicyclic) bond motifs is 2. The van der Waals surface area contributed by atoms with Crippen molar-refractivity contribution in [3.63, 3.8) is 0 Å². The molecular weight excluding hydrogens is 406 g/mol. The van der Waals surface area contributed by atoms with E-state index in [1.807, 2.05) is 13.8 Å². The first-order chi connectivity index (χ1) is 13.9. The highest BCUT2D eigenvalue weighted by atomic mass is 35.5. The Bertz CT molecular complexity index is 1080. The van der Waals surface area contributed by atoms with Gasteiger partial charge in [-0.25, -0.2) is 9.78 Å². The maximum atomic E-state index is 13.0. The minimum absolute atomic E-state index is 0. The van der Waals surface area contributed by atoms with Gasteiger partial charge < -0.3 is 14.4 Å². The molecule has 0 spiro atoms. The minimum Gasteiger partial charge on any atom is -0.491 e. The van der Waals surface area contributed by atoms with Gasteiger partial charge in [0.25, 0.3) is 5.56 Å². The Morgan fingerprint density at radius 3 is 2.57 bits per heavy atom. The number of aromatic nitrogens is 2. The van der Waals surface area contributed by atoms with Gasteiger partial charge in [-0.3, -0.25) is 9.20 Å². The van der Waals surface area contributed by atoms with Crippen LogP contribution in [0.2, 0.25) is 0 Å². The number of nitrogens with zero attached hydrogens (tertiary/aromatic N) is 3. The zero-order valence-corrected chi connectivity index (χ0v) is 18.6. The molecule has 0 aliphatic heterocycles. The Labute approximate surface area is 182 Å². The molecule has 0 amide bonds. The number of halogens is 1. The van der Waals surface area contributed by atoms with E-state index >= 15 is 0 Å². The highest BCUT2D eigenvalue weighted by molar-refractivity contribution is 5.90. The Balaban J connectivity index is 0.00000320. The lowest BCUT2D eigenvalue weighted by atomic mass is 10.2. The van der Waals surface area contributed by atoms with Crippen molar-refractivity contribution in [2.24, 2.45) is 0 Å². The highest BCUT2D eigenvalue weighted by Crippen LogP contribution is 2.19. The lowest BCUT2D eigenvalue weighted by Crippen LogP contribution is -2.28. The maximum Gasteiger partial charge on any atom is 0.339 e. The Hall–Kier alpha value is -2.64. The third-order valence-corrected chi connectivity index (χ3v) is 4.72. The third-order valence-electron chi connectivity index (χ3n) is 4.72. The summed E-state index contributed by atoms with van der Waals surface area (Å²) in [5, 5.41) is 0.438. The zero-order chi connectivity index (χ0) is 21.0. The van der Waals surface area contributed by atoms with Crippen LogP contribution in [-0.2, 0) is 4.74 Å². The molecule has 0 aliphatic rings. The monoisotopic (exact) mass is 433 g/mol. The molecule has 0 aliphatic carbocycles. The molecule has 0 radical (unpaired) electrons. The van der Waals surface area contributed by atoms with Gasteiger partial charge in [0.2, 0.25) is 0 Å². The van der Waals surface area contributed by atoms with Gasteiger partial charge in [-0.1, -0.05) is 13.8 Å². The molecule has 7 nitrogen and oxygen atoms in total. The second kappa shape index (κ2) is 10.4. The lowest BCUT2D eigenvalue weighted by molar-refractivity contribution is 0.0466. The fourth-order valence-corrected chi connectivity index (χ4v) is 3.14. The smallest absolute Gasteiger partial charge is 0.339 e. The molecule has 0 bridgehead atoms. The molecule has 3 rings (SSSR count). The van der Waals surface area contributed by atoms with Crippen LogP contribution in [0.4, 0.5) is 0 Å². The number of pyridine rings is 1. The lowest BCUT2D eigenvalue weighted by Gasteiger charge is -2.17. The number of carbonyl (C=O) groups is 1. The number of benzene rings is 1.